The molecule has 98 valence electrons. The first-order chi connectivity index (χ1) is 8.79. The van der Waals surface area contributed by atoms with Crippen LogP contribution in [0.1, 0.15) is 38.1 Å². The zero-order chi connectivity index (χ0) is 12.5. The summed E-state index contributed by atoms with van der Waals surface area (Å²) in [5, 5.41) is 3.30. The number of nitrogens with one attached hydrogen (secondary N) is 1. The van der Waals surface area contributed by atoms with Crippen molar-refractivity contribution in [2.24, 2.45) is 5.92 Å². The van der Waals surface area contributed by atoms with Crippen molar-refractivity contribution in [3.05, 3.63) is 22.7 Å². The molecule has 1 heterocycles. The lowest BCUT2D eigenvalue weighted by atomic mass is 10.1. The van der Waals surface area contributed by atoms with E-state index in [0.717, 1.165) is 25.7 Å². The summed E-state index contributed by atoms with van der Waals surface area (Å²) in [5.41, 5.74) is 0.0141. The Labute approximate surface area is 111 Å². The van der Waals surface area contributed by atoms with Crippen molar-refractivity contribution in [3.63, 3.8) is 0 Å². The van der Waals surface area contributed by atoms with Crippen LogP contribution in [0.3, 0.4) is 0 Å². The highest BCUT2D eigenvalue weighted by atomic mass is 35.5. The summed E-state index contributed by atoms with van der Waals surface area (Å²) >= 11 is 5.96. The zero-order valence-electron chi connectivity index (χ0n) is 10.3. The molecule has 0 spiro atoms. The van der Waals surface area contributed by atoms with Crippen LogP contribution in [0.2, 0.25) is 0 Å². The summed E-state index contributed by atoms with van der Waals surface area (Å²) in [5.74, 6) is 1.61. The van der Waals surface area contributed by atoms with Crippen molar-refractivity contribution in [1.29, 1.82) is 0 Å². The molecule has 0 aromatic carbocycles. The van der Waals surface area contributed by atoms with Gasteiger partial charge in [0.2, 0.25) is 0 Å². The fourth-order valence-electron chi connectivity index (χ4n) is 2.75. The Morgan fingerprint density at radius 2 is 2.22 bits per heavy atom. The second-order valence-electron chi connectivity index (χ2n) is 5.32. The Hall–Kier alpha value is -1.03. The van der Waals surface area contributed by atoms with Gasteiger partial charge in [-0.25, -0.2) is 4.98 Å². The van der Waals surface area contributed by atoms with Crippen molar-refractivity contribution in [1.82, 2.24) is 9.55 Å². The van der Waals surface area contributed by atoms with Crippen LogP contribution in [-0.2, 0) is 0 Å². The molecule has 2 fully saturated rings. The molecule has 3 rings (SSSR count). The van der Waals surface area contributed by atoms with Crippen LogP contribution in [0.15, 0.2) is 17.2 Å². The lowest BCUT2D eigenvalue weighted by Crippen LogP contribution is -2.31. The smallest absolute Gasteiger partial charge is 0.293 e. The minimum absolute atomic E-state index is 0.0141. The van der Waals surface area contributed by atoms with Gasteiger partial charge < -0.3 is 9.88 Å². The lowest BCUT2D eigenvalue weighted by Gasteiger charge is -2.19. The SMILES string of the molecule is O=c1c(NC2CCCC2CCl)nccn1C1CC1. The Morgan fingerprint density at radius 1 is 1.39 bits per heavy atom. The molecule has 2 atom stereocenters. The molecule has 5 heteroatoms. The minimum Gasteiger partial charge on any atom is -0.362 e. The first-order valence-corrected chi connectivity index (χ1v) is 7.22. The standard InChI is InChI=1S/C13H18ClN3O/c14-8-9-2-1-3-11(9)16-12-13(18)17(7-6-15-12)10-4-5-10/h6-7,9-11H,1-5,8H2,(H,15,16). The van der Waals surface area contributed by atoms with E-state index in [1.54, 1.807) is 17.0 Å². The van der Waals surface area contributed by atoms with E-state index < -0.39 is 0 Å². The van der Waals surface area contributed by atoms with Gasteiger partial charge >= 0.3 is 0 Å². The third-order valence-electron chi connectivity index (χ3n) is 3.99. The number of anilines is 1. The number of rotatable bonds is 4. The molecular weight excluding hydrogens is 250 g/mol. The predicted octanol–water partition coefficient (Wildman–Crippen LogP) is 2.40. The second kappa shape index (κ2) is 4.92. The van der Waals surface area contributed by atoms with E-state index in [4.69, 9.17) is 11.6 Å². The summed E-state index contributed by atoms with van der Waals surface area (Å²) in [4.78, 5) is 16.4. The van der Waals surface area contributed by atoms with Gasteiger partial charge in [-0.15, -0.1) is 11.6 Å². The van der Waals surface area contributed by atoms with Gasteiger partial charge in [0.15, 0.2) is 5.82 Å². The molecule has 2 saturated carbocycles. The average Bonchev–Trinajstić information content (AvgIpc) is 3.12. The lowest BCUT2D eigenvalue weighted by molar-refractivity contribution is 0.558. The van der Waals surface area contributed by atoms with E-state index in [2.05, 4.69) is 10.3 Å². The van der Waals surface area contributed by atoms with E-state index in [9.17, 15) is 4.79 Å². The van der Waals surface area contributed by atoms with Gasteiger partial charge in [0.25, 0.3) is 5.56 Å². The maximum Gasteiger partial charge on any atom is 0.293 e. The highest BCUT2D eigenvalue weighted by Gasteiger charge is 2.29. The van der Waals surface area contributed by atoms with Gasteiger partial charge in [-0.1, -0.05) is 6.42 Å². The van der Waals surface area contributed by atoms with Gasteiger partial charge in [-0.3, -0.25) is 4.79 Å². The van der Waals surface area contributed by atoms with Crippen molar-refractivity contribution in [2.45, 2.75) is 44.2 Å². The molecule has 2 aliphatic rings. The van der Waals surface area contributed by atoms with Crippen LogP contribution in [-0.4, -0.2) is 21.5 Å². The number of nitrogens with zero attached hydrogens (tertiary/aromatic N) is 2. The van der Waals surface area contributed by atoms with Crippen LogP contribution >= 0.6 is 11.6 Å². The zero-order valence-corrected chi connectivity index (χ0v) is 11.1. The van der Waals surface area contributed by atoms with E-state index in [0.29, 0.717) is 29.7 Å². The molecule has 0 bridgehead atoms. The molecule has 4 nitrogen and oxygen atoms in total. The summed E-state index contributed by atoms with van der Waals surface area (Å²) < 4.78 is 1.81. The van der Waals surface area contributed by atoms with Gasteiger partial charge in [-0.05, 0) is 31.6 Å². The van der Waals surface area contributed by atoms with Gasteiger partial charge in [-0.2, -0.15) is 0 Å². The summed E-state index contributed by atoms with van der Waals surface area (Å²) in [6.07, 6.45) is 9.13. The maximum absolute atomic E-state index is 12.2. The number of halogens is 1. The number of alkyl halides is 1. The number of aromatic nitrogens is 2. The Bertz CT molecular complexity index is 483. The molecule has 18 heavy (non-hydrogen) atoms. The Morgan fingerprint density at radius 3 is 2.94 bits per heavy atom. The topological polar surface area (TPSA) is 46.9 Å². The molecular formula is C13H18ClN3O. The fourth-order valence-corrected chi connectivity index (χ4v) is 3.12. The largest absolute Gasteiger partial charge is 0.362 e. The van der Waals surface area contributed by atoms with E-state index >= 15 is 0 Å². The Balaban J connectivity index is 1.80. The van der Waals surface area contributed by atoms with Gasteiger partial charge in [0, 0.05) is 30.4 Å². The summed E-state index contributed by atoms with van der Waals surface area (Å²) in [7, 11) is 0. The average molecular weight is 268 g/mol. The third-order valence-corrected chi connectivity index (χ3v) is 4.38. The summed E-state index contributed by atoms with van der Waals surface area (Å²) in [6, 6.07) is 0.700. The first kappa shape index (κ1) is 12.0. The highest BCUT2D eigenvalue weighted by molar-refractivity contribution is 6.18. The van der Waals surface area contributed by atoms with Crippen molar-refractivity contribution in [3.8, 4) is 0 Å². The normalized spacial score (nSPS) is 27.4. The minimum atomic E-state index is 0.0141. The molecule has 1 N–H and O–H groups in total. The van der Waals surface area contributed by atoms with Gasteiger partial charge in [0.05, 0.1) is 0 Å². The van der Waals surface area contributed by atoms with Crippen LogP contribution in [0.5, 0.6) is 0 Å². The molecule has 2 unspecified atom stereocenters. The van der Waals surface area contributed by atoms with E-state index in [1.165, 1.54) is 6.42 Å². The van der Waals surface area contributed by atoms with Crippen molar-refractivity contribution in [2.75, 3.05) is 11.2 Å². The quantitative estimate of drug-likeness (QED) is 0.852. The number of hydrogen-bond acceptors (Lipinski definition) is 3. The highest BCUT2D eigenvalue weighted by Crippen LogP contribution is 2.33. The molecule has 1 aromatic heterocycles. The maximum atomic E-state index is 12.2. The number of hydrogen-bond donors (Lipinski definition) is 1. The fraction of sp³-hybridized carbons (Fsp3) is 0.692. The van der Waals surface area contributed by atoms with Gasteiger partial charge in [0.1, 0.15) is 0 Å². The molecule has 1 aromatic rings. The van der Waals surface area contributed by atoms with Crippen LogP contribution < -0.4 is 10.9 Å². The third kappa shape index (κ3) is 2.26. The second-order valence-corrected chi connectivity index (χ2v) is 5.62. The molecule has 0 aliphatic heterocycles. The van der Waals surface area contributed by atoms with E-state index in [1.807, 2.05) is 0 Å². The predicted molar refractivity (Wildman–Crippen MR) is 72.2 cm³/mol. The van der Waals surface area contributed by atoms with E-state index in [-0.39, 0.29) is 5.56 Å². The molecule has 0 saturated heterocycles. The summed E-state index contributed by atoms with van der Waals surface area (Å²) in [6.45, 7) is 0. The van der Waals surface area contributed by atoms with Crippen LogP contribution in [0.25, 0.3) is 0 Å². The molecule has 2 aliphatic carbocycles. The monoisotopic (exact) mass is 267 g/mol. The van der Waals surface area contributed by atoms with Crippen LogP contribution in [0.4, 0.5) is 5.82 Å². The van der Waals surface area contributed by atoms with Crippen molar-refractivity contribution >= 4 is 17.4 Å². The van der Waals surface area contributed by atoms with Crippen LogP contribution in [0, 0.1) is 5.92 Å². The first-order valence-electron chi connectivity index (χ1n) is 6.69. The van der Waals surface area contributed by atoms with Crippen molar-refractivity contribution < 1.29 is 0 Å². The molecule has 0 radical (unpaired) electrons. The Kier molecular flexibility index (Phi) is 3.29. The molecule has 0 amide bonds.